The summed E-state index contributed by atoms with van der Waals surface area (Å²) >= 11 is 0. The zero-order valence-corrected chi connectivity index (χ0v) is 13.3. The third-order valence-corrected chi connectivity index (χ3v) is 6.50. The van der Waals surface area contributed by atoms with Gasteiger partial charge in [-0.3, -0.25) is 4.79 Å². The van der Waals surface area contributed by atoms with E-state index < -0.39 is 20.7 Å². The third kappa shape index (κ3) is 1.71. The van der Waals surface area contributed by atoms with E-state index in [0.717, 1.165) is 0 Å². The number of hydrogen-bond acceptors (Lipinski definition) is 6. The zero-order chi connectivity index (χ0) is 16.1. The first-order valence-corrected chi connectivity index (χ1v) is 8.26. The molecule has 1 aromatic rings. The number of fused-ring (bicyclic) bond motifs is 1. The molecule has 0 N–H and O–H groups in total. The van der Waals surface area contributed by atoms with Crippen molar-refractivity contribution in [1.29, 1.82) is 0 Å². The van der Waals surface area contributed by atoms with Gasteiger partial charge < -0.3 is 14.2 Å². The standard InChI is InChI=1S/C15H16O6S/c1-9-6-10(16)7-14(20-3)15(9)21-12-5-4-11(19-2)8-13(12)22(15,17)18/h4-5,7-9H,6H2,1-3H3/t9-,15-/m1/s1. The van der Waals surface area contributed by atoms with E-state index in [1.807, 2.05) is 0 Å². The molecule has 22 heavy (non-hydrogen) atoms. The number of hydrogen-bond donors (Lipinski definition) is 0. The van der Waals surface area contributed by atoms with E-state index in [2.05, 4.69) is 0 Å². The first-order chi connectivity index (χ1) is 10.4. The predicted octanol–water partition coefficient (Wildman–Crippen LogP) is 1.70. The molecule has 1 heterocycles. The van der Waals surface area contributed by atoms with Gasteiger partial charge in [-0.25, -0.2) is 8.42 Å². The lowest BCUT2D eigenvalue weighted by Gasteiger charge is -2.36. The van der Waals surface area contributed by atoms with Gasteiger partial charge in [0.15, 0.2) is 11.5 Å². The quantitative estimate of drug-likeness (QED) is 0.824. The lowest BCUT2D eigenvalue weighted by Crippen LogP contribution is -2.51. The van der Waals surface area contributed by atoms with Crippen LogP contribution >= 0.6 is 0 Å². The molecule has 0 fully saturated rings. The minimum atomic E-state index is -3.88. The van der Waals surface area contributed by atoms with E-state index in [9.17, 15) is 13.2 Å². The van der Waals surface area contributed by atoms with E-state index in [-0.39, 0.29) is 28.6 Å². The summed E-state index contributed by atoms with van der Waals surface area (Å²) in [4.78, 5) is 10.1. The van der Waals surface area contributed by atoms with E-state index >= 15 is 0 Å². The van der Waals surface area contributed by atoms with Crippen molar-refractivity contribution in [3.05, 3.63) is 30.0 Å². The second kappa shape index (κ2) is 4.74. The molecule has 0 bridgehead atoms. The number of rotatable bonds is 2. The Balaban J connectivity index is 2.26. The minimum Gasteiger partial charge on any atom is -0.497 e. The van der Waals surface area contributed by atoms with Gasteiger partial charge in [-0.2, -0.15) is 0 Å². The van der Waals surface area contributed by atoms with E-state index in [1.54, 1.807) is 19.1 Å². The molecular weight excluding hydrogens is 308 g/mol. The number of allylic oxidation sites excluding steroid dienone is 1. The van der Waals surface area contributed by atoms with Crippen LogP contribution in [0.5, 0.6) is 11.5 Å². The maximum absolute atomic E-state index is 13.1. The number of sulfone groups is 1. The summed E-state index contributed by atoms with van der Waals surface area (Å²) in [6.45, 7) is 1.67. The summed E-state index contributed by atoms with van der Waals surface area (Å²) < 4.78 is 42.3. The number of methoxy groups -OCH3 is 2. The van der Waals surface area contributed by atoms with Gasteiger partial charge in [0, 0.05) is 24.5 Å². The fourth-order valence-electron chi connectivity index (χ4n) is 3.03. The normalized spacial score (nSPS) is 28.8. The molecule has 1 aliphatic heterocycles. The second-order valence-electron chi connectivity index (χ2n) is 5.37. The summed E-state index contributed by atoms with van der Waals surface area (Å²) in [7, 11) is -1.09. The fourth-order valence-corrected chi connectivity index (χ4v) is 5.22. The number of ketones is 1. The molecule has 118 valence electrons. The van der Waals surface area contributed by atoms with Crippen LogP contribution in [-0.2, 0) is 19.4 Å². The van der Waals surface area contributed by atoms with E-state index in [1.165, 1.54) is 26.4 Å². The predicted molar refractivity (Wildman–Crippen MR) is 77.4 cm³/mol. The SMILES string of the molecule is COC1=CC(=O)C[C@@H](C)[C@]12Oc1ccc(OC)cc1S2(=O)=O. The molecule has 1 aliphatic carbocycles. The molecule has 0 amide bonds. The molecular formula is C15H16O6S. The summed E-state index contributed by atoms with van der Waals surface area (Å²) in [5.41, 5.74) is 0. The second-order valence-corrected chi connectivity index (χ2v) is 7.42. The molecule has 2 atom stereocenters. The molecule has 2 aliphatic rings. The van der Waals surface area contributed by atoms with Crippen LogP contribution in [0.2, 0.25) is 0 Å². The Labute approximate surface area is 128 Å². The smallest absolute Gasteiger partial charge is 0.272 e. The van der Waals surface area contributed by atoms with Gasteiger partial charge in [0.25, 0.3) is 4.93 Å². The van der Waals surface area contributed by atoms with Crippen molar-refractivity contribution in [3.8, 4) is 11.5 Å². The largest absolute Gasteiger partial charge is 0.497 e. The van der Waals surface area contributed by atoms with Crippen LogP contribution < -0.4 is 9.47 Å². The van der Waals surface area contributed by atoms with Crippen LogP contribution in [0.15, 0.2) is 34.9 Å². The van der Waals surface area contributed by atoms with Gasteiger partial charge in [0.1, 0.15) is 16.4 Å². The molecule has 7 heteroatoms. The highest BCUT2D eigenvalue weighted by molar-refractivity contribution is 7.93. The summed E-state index contributed by atoms with van der Waals surface area (Å²) in [5.74, 6) is -0.0625. The number of ether oxygens (including phenoxy) is 3. The average Bonchev–Trinajstić information content (AvgIpc) is 2.71. The van der Waals surface area contributed by atoms with E-state index in [4.69, 9.17) is 14.2 Å². The summed E-state index contributed by atoms with van der Waals surface area (Å²) in [5, 5.41) is 0. The lowest BCUT2D eigenvalue weighted by atomic mass is 9.90. The van der Waals surface area contributed by atoms with Gasteiger partial charge in [-0.05, 0) is 12.1 Å². The van der Waals surface area contributed by atoms with Gasteiger partial charge in [0.05, 0.1) is 14.2 Å². The molecule has 1 aromatic carbocycles. The van der Waals surface area contributed by atoms with Crippen molar-refractivity contribution in [2.75, 3.05) is 14.2 Å². The molecule has 1 spiro atoms. The van der Waals surface area contributed by atoms with E-state index in [0.29, 0.717) is 5.75 Å². The Hall–Kier alpha value is -2.02. The lowest BCUT2D eigenvalue weighted by molar-refractivity contribution is -0.117. The third-order valence-electron chi connectivity index (χ3n) is 4.11. The minimum absolute atomic E-state index is 0.0198. The maximum Gasteiger partial charge on any atom is 0.272 e. The van der Waals surface area contributed by atoms with Gasteiger partial charge >= 0.3 is 0 Å². The molecule has 0 aromatic heterocycles. The molecule has 0 radical (unpaired) electrons. The van der Waals surface area contributed by atoms with Gasteiger partial charge in [0.2, 0.25) is 9.84 Å². The highest BCUT2D eigenvalue weighted by Crippen LogP contribution is 2.52. The molecule has 0 saturated carbocycles. The Morgan fingerprint density at radius 1 is 1.27 bits per heavy atom. The summed E-state index contributed by atoms with van der Waals surface area (Å²) in [6, 6.07) is 4.61. The van der Waals surface area contributed by atoms with Crippen molar-refractivity contribution >= 4 is 15.6 Å². The molecule has 6 nitrogen and oxygen atoms in total. The highest BCUT2D eigenvalue weighted by atomic mass is 32.2. The van der Waals surface area contributed by atoms with Crippen molar-refractivity contribution < 1.29 is 27.4 Å². The zero-order valence-electron chi connectivity index (χ0n) is 12.5. The monoisotopic (exact) mass is 324 g/mol. The maximum atomic E-state index is 13.1. The van der Waals surface area contributed by atoms with Crippen LogP contribution in [0, 0.1) is 5.92 Å². The average molecular weight is 324 g/mol. The Bertz CT molecular complexity index is 779. The summed E-state index contributed by atoms with van der Waals surface area (Å²) in [6.07, 6.45) is 1.29. The van der Waals surface area contributed by atoms with Crippen LogP contribution in [0.1, 0.15) is 13.3 Å². The molecule has 0 unspecified atom stereocenters. The Kier molecular flexibility index (Phi) is 3.21. The fraction of sp³-hybridized carbons (Fsp3) is 0.400. The Morgan fingerprint density at radius 2 is 2.00 bits per heavy atom. The van der Waals surface area contributed by atoms with Crippen molar-refractivity contribution in [2.24, 2.45) is 5.92 Å². The van der Waals surface area contributed by atoms with Gasteiger partial charge in [-0.1, -0.05) is 6.92 Å². The van der Waals surface area contributed by atoms with Crippen LogP contribution in [-0.4, -0.2) is 33.4 Å². The van der Waals surface area contributed by atoms with Crippen molar-refractivity contribution in [1.82, 2.24) is 0 Å². The number of benzene rings is 1. The number of carbonyl (C=O) groups excluding carboxylic acids is 1. The molecule has 0 saturated heterocycles. The van der Waals surface area contributed by atoms with Crippen LogP contribution in [0.25, 0.3) is 0 Å². The van der Waals surface area contributed by atoms with Crippen LogP contribution in [0.4, 0.5) is 0 Å². The highest BCUT2D eigenvalue weighted by Gasteiger charge is 2.62. The number of carbonyl (C=O) groups is 1. The van der Waals surface area contributed by atoms with Crippen molar-refractivity contribution in [2.45, 2.75) is 23.2 Å². The van der Waals surface area contributed by atoms with Gasteiger partial charge in [-0.15, -0.1) is 0 Å². The first-order valence-electron chi connectivity index (χ1n) is 6.77. The Morgan fingerprint density at radius 3 is 2.64 bits per heavy atom. The first kappa shape index (κ1) is 14.9. The van der Waals surface area contributed by atoms with Crippen molar-refractivity contribution in [3.63, 3.8) is 0 Å². The van der Waals surface area contributed by atoms with Crippen LogP contribution in [0.3, 0.4) is 0 Å². The molecule has 3 rings (SSSR count). The topological polar surface area (TPSA) is 78.9 Å².